The van der Waals surface area contributed by atoms with Gasteiger partial charge in [-0.25, -0.2) is 4.90 Å². The number of hydrogen-bond donors (Lipinski definition) is 0. The molecule has 0 bridgehead atoms. The van der Waals surface area contributed by atoms with Crippen LogP contribution in [0.1, 0.15) is 33.6 Å². The zero-order valence-corrected chi connectivity index (χ0v) is 12.6. The second-order valence-corrected chi connectivity index (χ2v) is 5.17. The Labute approximate surface area is 124 Å². The van der Waals surface area contributed by atoms with E-state index in [1.54, 1.807) is 43.9 Å². The van der Waals surface area contributed by atoms with Crippen molar-refractivity contribution < 1.29 is 14.4 Å². The SMILES string of the molecule is CCC(=O)N1CC(C)C(=O)N(C(=O)CC)c2ccccc21. The number of carbonyl (C=O) groups excluding carboxylic acids is 3. The summed E-state index contributed by atoms with van der Waals surface area (Å²) in [4.78, 5) is 39.7. The van der Waals surface area contributed by atoms with Crippen LogP contribution in [0.15, 0.2) is 24.3 Å². The first-order chi connectivity index (χ1) is 10.0. The first-order valence-electron chi connectivity index (χ1n) is 7.27. The van der Waals surface area contributed by atoms with E-state index in [-0.39, 0.29) is 24.1 Å². The lowest BCUT2D eigenvalue weighted by atomic mass is 10.1. The molecule has 5 heteroatoms. The number of nitrogens with zero attached hydrogens (tertiary/aromatic N) is 2. The number of benzene rings is 1. The molecule has 1 unspecified atom stereocenters. The van der Waals surface area contributed by atoms with Crippen LogP contribution in [-0.4, -0.2) is 24.3 Å². The first kappa shape index (κ1) is 15.2. The lowest BCUT2D eigenvalue weighted by molar-refractivity contribution is -0.128. The molecule has 0 aromatic heterocycles. The van der Waals surface area contributed by atoms with E-state index in [0.29, 0.717) is 24.3 Å². The van der Waals surface area contributed by atoms with Crippen molar-refractivity contribution in [3.05, 3.63) is 24.3 Å². The zero-order chi connectivity index (χ0) is 15.6. The average molecular weight is 288 g/mol. The third kappa shape index (κ3) is 2.68. The zero-order valence-electron chi connectivity index (χ0n) is 12.6. The van der Waals surface area contributed by atoms with E-state index in [9.17, 15) is 14.4 Å². The van der Waals surface area contributed by atoms with E-state index in [1.807, 2.05) is 6.07 Å². The van der Waals surface area contributed by atoms with Crippen molar-refractivity contribution in [1.82, 2.24) is 0 Å². The van der Waals surface area contributed by atoms with Gasteiger partial charge in [0.05, 0.1) is 17.3 Å². The number of rotatable bonds is 2. The van der Waals surface area contributed by atoms with Gasteiger partial charge in [0.25, 0.3) is 0 Å². The number of fused-ring (bicyclic) bond motifs is 1. The Morgan fingerprint density at radius 2 is 1.67 bits per heavy atom. The number of hydrogen-bond acceptors (Lipinski definition) is 3. The van der Waals surface area contributed by atoms with Crippen molar-refractivity contribution in [2.75, 3.05) is 16.3 Å². The number of carbonyl (C=O) groups is 3. The molecule has 0 N–H and O–H groups in total. The van der Waals surface area contributed by atoms with Gasteiger partial charge in [0.2, 0.25) is 17.7 Å². The summed E-state index contributed by atoms with van der Waals surface area (Å²) in [5, 5.41) is 0. The summed E-state index contributed by atoms with van der Waals surface area (Å²) in [6.07, 6.45) is 0.603. The van der Waals surface area contributed by atoms with Crippen LogP contribution in [0.2, 0.25) is 0 Å². The second kappa shape index (κ2) is 6.08. The first-order valence-corrected chi connectivity index (χ1v) is 7.27. The van der Waals surface area contributed by atoms with Gasteiger partial charge in [-0.3, -0.25) is 14.4 Å². The molecule has 0 saturated heterocycles. The Morgan fingerprint density at radius 3 is 2.24 bits per heavy atom. The minimum Gasteiger partial charge on any atom is -0.310 e. The summed E-state index contributed by atoms with van der Waals surface area (Å²) in [6, 6.07) is 7.08. The van der Waals surface area contributed by atoms with E-state index >= 15 is 0 Å². The van der Waals surface area contributed by atoms with Crippen molar-refractivity contribution >= 4 is 29.1 Å². The van der Waals surface area contributed by atoms with Crippen LogP contribution in [0, 0.1) is 5.92 Å². The molecular formula is C16H20N2O3. The summed E-state index contributed by atoms with van der Waals surface area (Å²) < 4.78 is 0. The largest absolute Gasteiger partial charge is 0.310 e. The fourth-order valence-corrected chi connectivity index (χ4v) is 2.51. The maximum Gasteiger partial charge on any atom is 0.238 e. The minimum atomic E-state index is -0.414. The number of anilines is 2. The van der Waals surface area contributed by atoms with Crippen molar-refractivity contribution in [3.63, 3.8) is 0 Å². The van der Waals surface area contributed by atoms with Crippen molar-refractivity contribution in [3.8, 4) is 0 Å². The molecule has 1 heterocycles. The highest BCUT2D eigenvalue weighted by Gasteiger charge is 2.35. The summed E-state index contributed by atoms with van der Waals surface area (Å²) in [6.45, 7) is 5.57. The molecule has 112 valence electrons. The molecule has 0 fully saturated rings. The van der Waals surface area contributed by atoms with Gasteiger partial charge in [0, 0.05) is 19.4 Å². The van der Waals surface area contributed by atoms with Gasteiger partial charge in [0.1, 0.15) is 0 Å². The third-order valence-electron chi connectivity index (χ3n) is 3.67. The molecule has 2 rings (SSSR count). The lowest BCUT2D eigenvalue weighted by Crippen LogP contribution is -2.41. The van der Waals surface area contributed by atoms with Gasteiger partial charge in [-0.1, -0.05) is 32.9 Å². The lowest BCUT2D eigenvalue weighted by Gasteiger charge is -2.24. The monoisotopic (exact) mass is 288 g/mol. The highest BCUT2D eigenvalue weighted by atomic mass is 16.2. The number of imide groups is 1. The molecule has 0 aliphatic carbocycles. The smallest absolute Gasteiger partial charge is 0.238 e. The van der Waals surface area contributed by atoms with Gasteiger partial charge < -0.3 is 4.90 Å². The van der Waals surface area contributed by atoms with Crippen molar-refractivity contribution in [1.29, 1.82) is 0 Å². The molecule has 0 radical (unpaired) electrons. The van der Waals surface area contributed by atoms with Gasteiger partial charge in [-0.2, -0.15) is 0 Å². The Kier molecular flexibility index (Phi) is 4.40. The minimum absolute atomic E-state index is 0.0482. The van der Waals surface area contributed by atoms with E-state index < -0.39 is 5.92 Å². The molecule has 0 spiro atoms. The Balaban J connectivity index is 2.61. The fourth-order valence-electron chi connectivity index (χ4n) is 2.51. The second-order valence-electron chi connectivity index (χ2n) is 5.17. The van der Waals surface area contributed by atoms with Crippen LogP contribution in [0.5, 0.6) is 0 Å². The van der Waals surface area contributed by atoms with Crippen LogP contribution in [0.4, 0.5) is 11.4 Å². The standard InChI is InChI=1S/C16H20N2O3/c1-4-14(19)17-10-11(3)16(21)18(15(20)5-2)13-9-7-6-8-12(13)17/h6-9,11H,4-5,10H2,1-3H3. The van der Waals surface area contributed by atoms with Crippen LogP contribution < -0.4 is 9.80 Å². The number of para-hydroxylation sites is 2. The molecular weight excluding hydrogens is 268 g/mol. The Hall–Kier alpha value is -2.17. The Bertz CT molecular complexity index is 583. The molecule has 3 amide bonds. The molecule has 0 saturated carbocycles. The van der Waals surface area contributed by atoms with E-state index in [2.05, 4.69) is 0 Å². The molecule has 1 aromatic carbocycles. The van der Waals surface area contributed by atoms with Crippen LogP contribution in [0.25, 0.3) is 0 Å². The van der Waals surface area contributed by atoms with Crippen LogP contribution in [0.3, 0.4) is 0 Å². The normalized spacial score (nSPS) is 18.2. The maximum atomic E-state index is 12.5. The predicted octanol–water partition coefficient (Wildman–Crippen LogP) is 2.35. The Morgan fingerprint density at radius 1 is 1.10 bits per heavy atom. The summed E-state index contributed by atoms with van der Waals surface area (Å²) >= 11 is 0. The topological polar surface area (TPSA) is 57.7 Å². The molecule has 1 atom stereocenters. The molecule has 1 aliphatic rings. The van der Waals surface area contributed by atoms with Gasteiger partial charge >= 0.3 is 0 Å². The maximum absolute atomic E-state index is 12.5. The molecule has 5 nitrogen and oxygen atoms in total. The van der Waals surface area contributed by atoms with E-state index in [4.69, 9.17) is 0 Å². The molecule has 21 heavy (non-hydrogen) atoms. The van der Waals surface area contributed by atoms with Crippen molar-refractivity contribution in [2.45, 2.75) is 33.6 Å². The van der Waals surface area contributed by atoms with E-state index in [0.717, 1.165) is 0 Å². The van der Waals surface area contributed by atoms with Gasteiger partial charge in [-0.15, -0.1) is 0 Å². The van der Waals surface area contributed by atoms with E-state index in [1.165, 1.54) is 4.90 Å². The summed E-state index contributed by atoms with van der Waals surface area (Å²) in [7, 11) is 0. The van der Waals surface area contributed by atoms with Crippen LogP contribution in [-0.2, 0) is 14.4 Å². The highest BCUT2D eigenvalue weighted by Crippen LogP contribution is 2.34. The van der Waals surface area contributed by atoms with Gasteiger partial charge in [-0.05, 0) is 12.1 Å². The predicted molar refractivity (Wildman–Crippen MR) is 81.0 cm³/mol. The van der Waals surface area contributed by atoms with Crippen molar-refractivity contribution in [2.24, 2.45) is 5.92 Å². The number of amides is 3. The highest BCUT2D eigenvalue weighted by molar-refractivity contribution is 6.19. The summed E-state index contributed by atoms with van der Waals surface area (Å²) in [5.41, 5.74) is 1.13. The third-order valence-corrected chi connectivity index (χ3v) is 3.67. The average Bonchev–Trinajstić information content (AvgIpc) is 2.62. The van der Waals surface area contributed by atoms with Crippen LogP contribution >= 0.6 is 0 Å². The molecule has 1 aliphatic heterocycles. The van der Waals surface area contributed by atoms with Gasteiger partial charge in [0.15, 0.2) is 0 Å². The summed E-state index contributed by atoms with van der Waals surface area (Å²) in [5.74, 6) is -0.956. The molecule has 1 aromatic rings. The quantitative estimate of drug-likeness (QED) is 0.839. The fraction of sp³-hybridized carbons (Fsp3) is 0.438.